The standard InChI is InChI=1S/C17H25N5O2S/c1-10(24-2)17(23)21-12-7-19-16-14(12)15(13(25-3)8-20-16)22-6-4-5-11(18)9-22/h7-8,10-11H,4-6,9,18H2,1-3H3,(H,19,20)(H,21,23). The van der Waals surface area contributed by atoms with Crippen LogP contribution in [0.5, 0.6) is 0 Å². The molecular formula is C17H25N5O2S. The van der Waals surface area contributed by atoms with Gasteiger partial charge in [0.2, 0.25) is 0 Å². The molecule has 1 fully saturated rings. The second kappa shape index (κ2) is 7.63. The number of fused-ring (bicyclic) bond motifs is 1. The summed E-state index contributed by atoms with van der Waals surface area (Å²) in [5, 5.41) is 3.88. The second-order valence-electron chi connectivity index (χ2n) is 6.32. The molecule has 3 rings (SSSR count). The molecule has 2 unspecified atom stereocenters. The first kappa shape index (κ1) is 18.0. The molecule has 136 valence electrons. The Balaban J connectivity index is 2.06. The molecule has 1 aliphatic heterocycles. The lowest BCUT2D eigenvalue weighted by Gasteiger charge is -2.34. The van der Waals surface area contributed by atoms with Crippen LogP contribution in [0.25, 0.3) is 11.0 Å². The Labute approximate surface area is 151 Å². The number of nitrogens with two attached hydrogens (primary N) is 1. The first-order valence-corrected chi connectivity index (χ1v) is 9.65. The van der Waals surface area contributed by atoms with E-state index < -0.39 is 6.10 Å². The van der Waals surface area contributed by atoms with E-state index in [4.69, 9.17) is 10.5 Å². The van der Waals surface area contributed by atoms with Crippen molar-refractivity contribution in [2.45, 2.75) is 36.8 Å². The highest BCUT2D eigenvalue weighted by atomic mass is 32.2. The topological polar surface area (TPSA) is 96.3 Å². The number of aromatic nitrogens is 2. The summed E-state index contributed by atoms with van der Waals surface area (Å²) in [4.78, 5) is 23.3. The first-order valence-electron chi connectivity index (χ1n) is 8.43. The van der Waals surface area contributed by atoms with E-state index in [0.717, 1.165) is 53.2 Å². The average molecular weight is 363 g/mol. The number of amides is 1. The number of piperidine rings is 1. The molecule has 2 aromatic rings. The van der Waals surface area contributed by atoms with Crippen molar-refractivity contribution in [2.24, 2.45) is 5.73 Å². The lowest BCUT2D eigenvalue weighted by atomic mass is 10.1. The summed E-state index contributed by atoms with van der Waals surface area (Å²) < 4.78 is 5.11. The molecule has 25 heavy (non-hydrogen) atoms. The van der Waals surface area contributed by atoms with Crippen LogP contribution in [0.2, 0.25) is 0 Å². The van der Waals surface area contributed by atoms with Crippen LogP contribution in [-0.4, -0.2) is 54.5 Å². The number of thioether (sulfide) groups is 1. The predicted molar refractivity (Wildman–Crippen MR) is 102 cm³/mol. The Kier molecular flexibility index (Phi) is 5.51. The number of hydrogen-bond donors (Lipinski definition) is 3. The van der Waals surface area contributed by atoms with Crippen molar-refractivity contribution in [3.05, 3.63) is 12.4 Å². The molecule has 0 bridgehead atoms. The van der Waals surface area contributed by atoms with Crippen molar-refractivity contribution in [2.75, 3.05) is 36.7 Å². The van der Waals surface area contributed by atoms with E-state index in [0.29, 0.717) is 0 Å². The summed E-state index contributed by atoms with van der Waals surface area (Å²) in [5.41, 5.74) is 8.76. The molecular weight excluding hydrogens is 338 g/mol. The third kappa shape index (κ3) is 3.61. The molecule has 8 heteroatoms. The van der Waals surface area contributed by atoms with Crippen LogP contribution >= 0.6 is 11.8 Å². The lowest BCUT2D eigenvalue weighted by Crippen LogP contribution is -2.43. The fourth-order valence-corrected chi connectivity index (χ4v) is 3.76. The average Bonchev–Trinajstić information content (AvgIpc) is 3.02. The number of carbonyl (C=O) groups is 1. The molecule has 1 saturated heterocycles. The molecule has 2 atom stereocenters. The Hall–Kier alpha value is -1.77. The van der Waals surface area contributed by atoms with Gasteiger partial charge in [-0.05, 0) is 26.0 Å². The number of anilines is 2. The number of hydrogen-bond acceptors (Lipinski definition) is 6. The number of H-pyrrole nitrogens is 1. The van der Waals surface area contributed by atoms with E-state index in [1.54, 1.807) is 24.9 Å². The van der Waals surface area contributed by atoms with E-state index in [-0.39, 0.29) is 11.9 Å². The molecule has 0 aliphatic carbocycles. The summed E-state index contributed by atoms with van der Waals surface area (Å²) in [5.74, 6) is -0.181. The molecule has 0 radical (unpaired) electrons. The van der Waals surface area contributed by atoms with Crippen molar-refractivity contribution in [3.63, 3.8) is 0 Å². The van der Waals surface area contributed by atoms with E-state index >= 15 is 0 Å². The minimum absolute atomic E-state index is 0.164. The maximum absolute atomic E-state index is 12.3. The smallest absolute Gasteiger partial charge is 0.253 e. The van der Waals surface area contributed by atoms with Gasteiger partial charge in [-0.25, -0.2) is 4.98 Å². The number of nitrogens with one attached hydrogen (secondary N) is 2. The number of ether oxygens (including phenoxy) is 1. The lowest BCUT2D eigenvalue weighted by molar-refractivity contribution is -0.124. The van der Waals surface area contributed by atoms with Gasteiger partial charge in [-0.3, -0.25) is 4.79 Å². The number of carbonyl (C=O) groups excluding carboxylic acids is 1. The van der Waals surface area contributed by atoms with Gasteiger partial charge >= 0.3 is 0 Å². The fourth-order valence-electron chi connectivity index (χ4n) is 3.18. The Morgan fingerprint density at radius 1 is 1.60 bits per heavy atom. The number of rotatable bonds is 5. The molecule has 2 aromatic heterocycles. The predicted octanol–water partition coefficient (Wildman–Crippen LogP) is 2.19. The van der Waals surface area contributed by atoms with Crippen LogP contribution in [0.3, 0.4) is 0 Å². The van der Waals surface area contributed by atoms with Crippen molar-refractivity contribution in [3.8, 4) is 0 Å². The molecule has 0 aromatic carbocycles. The molecule has 1 amide bonds. The molecule has 7 nitrogen and oxygen atoms in total. The van der Waals surface area contributed by atoms with Gasteiger partial charge in [-0.1, -0.05) is 0 Å². The van der Waals surface area contributed by atoms with Crippen LogP contribution in [0.1, 0.15) is 19.8 Å². The highest BCUT2D eigenvalue weighted by molar-refractivity contribution is 7.98. The molecule has 0 saturated carbocycles. The van der Waals surface area contributed by atoms with Gasteiger partial charge in [0.05, 0.1) is 16.8 Å². The van der Waals surface area contributed by atoms with Crippen LogP contribution in [0.4, 0.5) is 11.4 Å². The molecule has 3 heterocycles. The minimum Gasteiger partial charge on any atom is -0.372 e. The van der Waals surface area contributed by atoms with Gasteiger partial charge in [0.15, 0.2) is 0 Å². The van der Waals surface area contributed by atoms with Gasteiger partial charge in [-0.15, -0.1) is 11.8 Å². The van der Waals surface area contributed by atoms with Crippen LogP contribution < -0.4 is 16.0 Å². The Morgan fingerprint density at radius 3 is 3.08 bits per heavy atom. The van der Waals surface area contributed by atoms with Crippen LogP contribution in [-0.2, 0) is 9.53 Å². The maximum Gasteiger partial charge on any atom is 0.253 e. The zero-order valence-electron chi connectivity index (χ0n) is 14.8. The van der Waals surface area contributed by atoms with Crippen LogP contribution in [0, 0.1) is 0 Å². The number of nitrogens with zero attached hydrogens (tertiary/aromatic N) is 2. The van der Waals surface area contributed by atoms with Gasteiger partial charge in [0, 0.05) is 43.5 Å². The highest BCUT2D eigenvalue weighted by Gasteiger charge is 2.25. The summed E-state index contributed by atoms with van der Waals surface area (Å²) in [6, 6.07) is 0.164. The maximum atomic E-state index is 12.3. The summed E-state index contributed by atoms with van der Waals surface area (Å²) in [7, 11) is 1.52. The summed E-state index contributed by atoms with van der Waals surface area (Å²) in [6.07, 6.45) is 7.28. The normalized spacial score (nSPS) is 19.2. The quantitative estimate of drug-likeness (QED) is 0.705. The van der Waals surface area contributed by atoms with E-state index in [1.807, 2.05) is 12.5 Å². The SMILES string of the molecule is COC(C)C(=O)Nc1c[nH]c2ncc(SC)c(N3CCCC(N)C3)c12. The molecule has 0 spiro atoms. The third-order valence-electron chi connectivity index (χ3n) is 4.62. The van der Waals surface area contributed by atoms with Crippen molar-refractivity contribution in [1.82, 2.24) is 9.97 Å². The zero-order chi connectivity index (χ0) is 18.0. The van der Waals surface area contributed by atoms with Crippen molar-refractivity contribution < 1.29 is 9.53 Å². The Morgan fingerprint density at radius 2 is 2.40 bits per heavy atom. The first-order chi connectivity index (χ1) is 12.0. The monoisotopic (exact) mass is 363 g/mol. The van der Waals surface area contributed by atoms with Gasteiger partial charge in [-0.2, -0.15) is 0 Å². The molecule has 4 N–H and O–H groups in total. The van der Waals surface area contributed by atoms with E-state index in [1.165, 1.54) is 7.11 Å². The number of methoxy groups -OCH3 is 1. The van der Waals surface area contributed by atoms with Gasteiger partial charge < -0.3 is 25.7 Å². The summed E-state index contributed by atoms with van der Waals surface area (Å²) >= 11 is 1.65. The van der Waals surface area contributed by atoms with E-state index in [2.05, 4.69) is 20.2 Å². The van der Waals surface area contributed by atoms with Gasteiger partial charge in [0.25, 0.3) is 5.91 Å². The largest absolute Gasteiger partial charge is 0.372 e. The van der Waals surface area contributed by atoms with E-state index in [9.17, 15) is 4.79 Å². The minimum atomic E-state index is -0.520. The number of aromatic amines is 1. The van der Waals surface area contributed by atoms with Crippen LogP contribution in [0.15, 0.2) is 17.3 Å². The van der Waals surface area contributed by atoms with Crippen molar-refractivity contribution >= 4 is 40.1 Å². The number of pyridine rings is 1. The van der Waals surface area contributed by atoms with Gasteiger partial charge in [0.1, 0.15) is 11.8 Å². The molecule has 1 aliphatic rings. The fraction of sp³-hybridized carbons (Fsp3) is 0.529. The zero-order valence-corrected chi connectivity index (χ0v) is 15.7. The highest BCUT2D eigenvalue weighted by Crippen LogP contribution is 2.39. The van der Waals surface area contributed by atoms with Crippen molar-refractivity contribution in [1.29, 1.82) is 0 Å². The Bertz CT molecular complexity index is 763. The third-order valence-corrected chi connectivity index (χ3v) is 5.35. The second-order valence-corrected chi connectivity index (χ2v) is 7.16. The summed E-state index contributed by atoms with van der Waals surface area (Å²) in [6.45, 7) is 3.48.